The van der Waals surface area contributed by atoms with Crippen LogP contribution < -0.4 is 5.32 Å². The summed E-state index contributed by atoms with van der Waals surface area (Å²) in [6.07, 6.45) is 0.352. The Hall–Kier alpha value is -1.10. The first-order valence-electron chi connectivity index (χ1n) is 6.61. The summed E-state index contributed by atoms with van der Waals surface area (Å²) in [5, 5.41) is 10.2. The van der Waals surface area contributed by atoms with Crippen molar-refractivity contribution >= 4 is 32.4 Å². The van der Waals surface area contributed by atoms with Gasteiger partial charge in [-0.1, -0.05) is 25.2 Å². The number of rotatable bonds is 5. The smallest absolute Gasteiger partial charge is 0.272 e. The van der Waals surface area contributed by atoms with E-state index in [9.17, 15) is 13.2 Å². The Morgan fingerprint density at radius 2 is 2.05 bits per heavy atom. The number of aromatic nitrogens is 2. The van der Waals surface area contributed by atoms with Gasteiger partial charge >= 0.3 is 0 Å². The van der Waals surface area contributed by atoms with Crippen molar-refractivity contribution in [3.63, 3.8) is 0 Å². The van der Waals surface area contributed by atoms with E-state index in [-0.39, 0.29) is 21.3 Å². The Morgan fingerprint density at radius 3 is 2.67 bits per heavy atom. The van der Waals surface area contributed by atoms with Crippen molar-refractivity contribution in [1.29, 1.82) is 0 Å². The van der Waals surface area contributed by atoms with Crippen molar-refractivity contribution in [1.82, 2.24) is 14.5 Å². The van der Waals surface area contributed by atoms with Crippen molar-refractivity contribution in [2.75, 3.05) is 31.6 Å². The molecule has 118 valence electrons. The van der Waals surface area contributed by atoms with E-state index < -0.39 is 10.0 Å². The van der Waals surface area contributed by atoms with Crippen molar-refractivity contribution < 1.29 is 17.9 Å². The van der Waals surface area contributed by atoms with E-state index in [4.69, 9.17) is 4.74 Å². The zero-order valence-electron chi connectivity index (χ0n) is 11.9. The maximum Gasteiger partial charge on any atom is 0.272 e. The molecule has 1 aromatic rings. The molecule has 1 fully saturated rings. The predicted molar refractivity (Wildman–Crippen MR) is 77.6 cm³/mol. The fraction of sp³-hybridized carbons (Fsp3) is 0.727. The lowest BCUT2D eigenvalue weighted by molar-refractivity contribution is -0.116. The third-order valence-electron chi connectivity index (χ3n) is 2.78. The highest BCUT2D eigenvalue weighted by Gasteiger charge is 2.30. The number of nitrogens with zero attached hydrogens (tertiary/aromatic N) is 3. The molecule has 0 aliphatic carbocycles. The minimum absolute atomic E-state index is 0.107. The summed E-state index contributed by atoms with van der Waals surface area (Å²) in [5.74, 6) is 0.0194. The molecule has 0 saturated carbocycles. The molecule has 21 heavy (non-hydrogen) atoms. The van der Waals surface area contributed by atoms with E-state index >= 15 is 0 Å². The Labute approximate surface area is 127 Å². The normalized spacial score (nSPS) is 17.1. The summed E-state index contributed by atoms with van der Waals surface area (Å²) < 4.78 is 31.0. The number of anilines is 1. The standard InChI is InChI=1S/C11H18N4O4S2/c1-8(2)7-9(16)12-10-13-14-11(20-10)21(17,18)15-3-5-19-6-4-15/h8H,3-7H2,1-2H3,(H,12,13,16). The molecular weight excluding hydrogens is 316 g/mol. The van der Waals surface area contributed by atoms with Crippen LogP contribution in [0.5, 0.6) is 0 Å². The minimum Gasteiger partial charge on any atom is -0.379 e. The molecule has 0 bridgehead atoms. The first-order valence-corrected chi connectivity index (χ1v) is 8.86. The van der Waals surface area contributed by atoms with Gasteiger partial charge in [0.15, 0.2) is 0 Å². The van der Waals surface area contributed by atoms with Gasteiger partial charge in [-0.25, -0.2) is 8.42 Å². The number of hydrogen-bond donors (Lipinski definition) is 1. The van der Waals surface area contributed by atoms with Crippen LogP contribution in [-0.4, -0.2) is 55.1 Å². The molecule has 1 saturated heterocycles. The second-order valence-electron chi connectivity index (χ2n) is 5.04. The Kier molecular flexibility index (Phi) is 5.25. The molecule has 0 atom stereocenters. The van der Waals surface area contributed by atoms with Crippen molar-refractivity contribution in [2.45, 2.75) is 24.6 Å². The SMILES string of the molecule is CC(C)CC(=O)Nc1nnc(S(=O)(=O)N2CCOCC2)s1. The summed E-state index contributed by atoms with van der Waals surface area (Å²) in [6, 6.07) is 0. The molecule has 1 aromatic heterocycles. The Morgan fingerprint density at radius 1 is 1.38 bits per heavy atom. The van der Waals surface area contributed by atoms with Crippen LogP contribution in [0.15, 0.2) is 4.34 Å². The molecule has 1 aliphatic heterocycles. The van der Waals surface area contributed by atoms with E-state index in [1.807, 2.05) is 13.8 Å². The highest BCUT2D eigenvalue weighted by Crippen LogP contribution is 2.24. The van der Waals surface area contributed by atoms with Gasteiger partial charge in [0.2, 0.25) is 15.4 Å². The first-order chi connectivity index (χ1) is 9.89. The molecule has 2 heterocycles. The van der Waals surface area contributed by atoms with Crippen LogP contribution in [0, 0.1) is 5.92 Å². The lowest BCUT2D eigenvalue weighted by Gasteiger charge is -2.24. The third-order valence-corrected chi connectivity index (χ3v) is 5.86. The lowest BCUT2D eigenvalue weighted by Crippen LogP contribution is -2.40. The van der Waals surface area contributed by atoms with Crippen LogP contribution in [0.2, 0.25) is 0 Å². The largest absolute Gasteiger partial charge is 0.379 e. The molecule has 1 aliphatic rings. The number of morpholine rings is 1. The van der Waals surface area contributed by atoms with E-state index in [0.717, 1.165) is 11.3 Å². The molecule has 0 radical (unpaired) electrons. The summed E-state index contributed by atoms with van der Waals surface area (Å²) >= 11 is 0.864. The Bertz CT molecular complexity index is 593. The summed E-state index contributed by atoms with van der Waals surface area (Å²) in [6.45, 7) is 5.20. The van der Waals surface area contributed by atoms with Gasteiger partial charge in [-0.15, -0.1) is 10.2 Å². The molecule has 0 aromatic carbocycles. The van der Waals surface area contributed by atoms with E-state index in [0.29, 0.717) is 32.7 Å². The molecule has 0 unspecified atom stereocenters. The highest BCUT2D eigenvalue weighted by atomic mass is 32.2. The predicted octanol–water partition coefficient (Wildman–Crippen LogP) is 0.544. The van der Waals surface area contributed by atoms with Gasteiger partial charge in [0.05, 0.1) is 13.2 Å². The van der Waals surface area contributed by atoms with Crippen molar-refractivity contribution in [3.05, 3.63) is 0 Å². The zero-order valence-corrected chi connectivity index (χ0v) is 13.5. The quantitative estimate of drug-likeness (QED) is 0.789. The minimum atomic E-state index is -3.65. The molecule has 0 spiro atoms. The third kappa shape index (κ3) is 4.19. The second-order valence-corrected chi connectivity index (χ2v) is 8.12. The molecular formula is C11H18N4O4S2. The van der Waals surface area contributed by atoms with Gasteiger partial charge < -0.3 is 10.1 Å². The van der Waals surface area contributed by atoms with Gasteiger partial charge in [0.1, 0.15) is 0 Å². The van der Waals surface area contributed by atoms with Crippen LogP contribution in [-0.2, 0) is 19.6 Å². The van der Waals surface area contributed by atoms with Crippen molar-refractivity contribution in [2.24, 2.45) is 5.92 Å². The van der Waals surface area contributed by atoms with Gasteiger partial charge in [-0.2, -0.15) is 4.31 Å². The average molecular weight is 334 g/mol. The molecule has 2 rings (SSSR count). The molecule has 8 nitrogen and oxygen atoms in total. The monoisotopic (exact) mass is 334 g/mol. The summed E-state index contributed by atoms with van der Waals surface area (Å²) in [4.78, 5) is 11.6. The van der Waals surface area contributed by atoms with Crippen LogP contribution in [0.3, 0.4) is 0 Å². The summed E-state index contributed by atoms with van der Waals surface area (Å²) in [5.41, 5.74) is 0. The van der Waals surface area contributed by atoms with Crippen LogP contribution >= 0.6 is 11.3 Å². The number of hydrogen-bond acceptors (Lipinski definition) is 7. The topological polar surface area (TPSA) is 101 Å². The number of carbonyl (C=O) groups excluding carboxylic acids is 1. The highest BCUT2D eigenvalue weighted by molar-refractivity contribution is 7.91. The molecule has 1 N–H and O–H groups in total. The van der Waals surface area contributed by atoms with Gasteiger partial charge in [0.25, 0.3) is 10.0 Å². The van der Waals surface area contributed by atoms with E-state index in [1.165, 1.54) is 4.31 Å². The van der Waals surface area contributed by atoms with Crippen LogP contribution in [0.1, 0.15) is 20.3 Å². The van der Waals surface area contributed by atoms with E-state index in [1.54, 1.807) is 0 Å². The molecule has 10 heteroatoms. The second kappa shape index (κ2) is 6.77. The zero-order chi connectivity index (χ0) is 15.5. The maximum absolute atomic E-state index is 12.3. The molecule has 1 amide bonds. The summed E-state index contributed by atoms with van der Waals surface area (Å²) in [7, 11) is -3.65. The number of amides is 1. The average Bonchev–Trinajstić information content (AvgIpc) is 2.88. The van der Waals surface area contributed by atoms with Crippen LogP contribution in [0.4, 0.5) is 5.13 Å². The fourth-order valence-corrected chi connectivity index (χ4v) is 4.27. The Balaban J connectivity index is 2.06. The number of sulfonamides is 1. The van der Waals surface area contributed by atoms with Gasteiger partial charge in [-0.05, 0) is 5.92 Å². The number of carbonyl (C=O) groups is 1. The lowest BCUT2D eigenvalue weighted by atomic mass is 10.1. The van der Waals surface area contributed by atoms with Gasteiger partial charge in [-0.3, -0.25) is 4.79 Å². The first kappa shape index (κ1) is 16.3. The van der Waals surface area contributed by atoms with Crippen LogP contribution in [0.25, 0.3) is 0 Å². The van der Waals surface area contributed by atoms with Gasteiger partial charge in [0, 0.05) is 19.5 Å². The van der Waals surface area contributed by atoms with Crippen molar-refractivity contribution in [3.8, 4) is 0 Å². The maximum atomic E-state index is 12.3. The van der Waals surface area contributed by atoms with E-state index in [2.05, 4.69) is 15.5 Å². The number of nitrogens with one attached hydrogen (secondary N) is 1. The fourth-order valence-electron chi connectivity index (χ4n) is 1.80. The number of ether oxygens (including phenoxy) is 1.